The molecule has 0 saturated carbocycles. The summed E-state index contributed by atoms with van der Waals surface area (Å²) in [6, 6.07) is 14.4. The normalized spacial score (nSPS) is 15.2. The molecule has 0 aromatic heterocycles. The van der Waals surface area contributed by atoms with Crippen LogP contribution in [0.15, 0.2) is 48.5 Å². The number of ether oxygens (including phenoxy) is 2. The Balaban J connectivity index is 1.47. The Hall–Kier alpha value is -2.42. The summed E-state index contributed by atoms with van der Waals surface area (Å²) >= 11 is 0. The van der Waals surface area contributed by atoms with Crippen molar-refractivity contribution in [1.29, 1.82) is 0 Å². The van der Waals surface area contributed by atoms with Crippen LogP contribution < -0.4 is 5.32 Å². The highest BCUT2D eigenvalue weighted by atomic mass is 19.4. The second-order valence-corrected chi connectivity index (χ2v) is 7.20. The van der Waals surface area contributed by atoms with Crippen LogP contribution in [-0.2, 0) is 29.2 Å². The van der Waals surface area contributed by atoms with E-state index in [-0.39, 0.29) is 12.5 Å². The SMILES string of the molecule is O=C(NCc1cccc(CN2CCOCC2)c1)c1ccc(COCC(F)(F)F)cc1. The maximum Gasteiger partial charge on any atom is 0.411 e. The first-order chi connectivity index (χ1) is 14.4. The number of nitrogens with zero attached hydrogens (tertiary/aromatic N) is 1. The summed E-state index contributed by atoms with van der Waals surface area (Å²) in [5.41, 5.74) is 3.21. The second-order valence-electron chi connectivity index (χ2n) is 7.20. The Morgan fingerprint density at radius 3 is 2.43 bits per heavy atom. The lowest BCUT2D eigenvalue weighted by Crippen LogP contribution is -2.35. The van der Waals surface area contributed by atoms with Gasteiger partial charge in [-0.3, -0.25) is 9.69 Å². The first kappa shape index (κ1) is 22.3. The molecule has 1 aliphatic rings. The third-order valence-electron chi connectivity index (χ3n) is 4.70. The average Bonchev–Trinajstić information content (AvgIpc) is 2.73. The minimum absolute atomic E-state index is 0.155. The maximum absolute atomic E-state index is 12.4. The largest absolute Gasteiger partial charge is 0.411 e. The summed E-state index contributed by atoms with van der Waals surface area (Å²) in [6.45, 7) is 3.13. The zero-order chi connectivity index (χ0) is 21.4. The van der Waals surface area contributed by atoms with Gasteiger partial charge in [-0.2, -0.15) is 13.2 Å². The second kappa shape index (κ2) is 10.6. The summed E-state index contributed by atoms with van der Waals surface area (Å²) in [6.07, 6.45) is -4.35. The number of carbonyl (C=O) groups excluding carboxylic acids is 1. The van der Waals surface area contributed by atoms with Crippen molar-refractivity contribution in [2.45, 2.75) is 25.9 Å². The van der Waals surface area contributed by atoms with Gasteiger partial charge in [0.15, 0.2) is 0 Å². The number of hydrogen-bond donors (Lipinski definition) is 1. The van der Waals surface area contributed by atoms with Crippen molar-refractivity contribution >= 4 is 5.91 Å². The number of benzene rings is 2. The van der Waals surface area contributed by atoms with Crippen molar-refractivity contribution in [2.75, 3.05) is 32.9 Å². The zero-order valence-corrected chi connectivity index (χ0v) is 16.6. The van der Waals surface area contributed by atoms with Crippen LogP contribution in [0.1, 0.15) is 27.0 Å². The monoisotopic (exact) mass is 422 g/mol. The van der Waals surface area contributed by atoms with Crippen LogP contribution in [0.25, 0.3) is 0 Å². The number of rotatable bonds is 8. The van der Waals surface area contributed by atoms with Crippen molar-refractivity contribution in [1.82, 2.24) is 10.2 Å². The van der Waals surface area contributed by atoms with Crippen LogP contribution >= 0.6 is 0 Å². The number of nitrogens with one attached hydrogen (secondary N) is 1. The average molecular weight is 422 g/mol. The molecule has 2 aromatic rings. The molecule has 0 bridgehead atoms. The maximum atomic E-state index is 12.4. The van der Waals surface area contributed by atoms with E-state index in [0.717, 1.165) is 38.4 Å². The number of halogens is 3. The third-order valence-corrected chi connectivity index (χ3v) is 4.70. The molecule has 1 amide bonds. The Kier molecular flexibility index (Phi) is 7.84. The molecule has 162 valence electrons. The van der Waals surface area contributed by atoms with Crippen LogP contribution in [0, 0.1) is 0 Å². The smallest absolute Gasteiger partial charge is 0.379 e. The number of hydrogen-bond acceptors (Lipinski definition) is 4. The van der Waals surface area contributed by atoms with E-state index < -0.39 is 12.8 Å². The highest BCUT2D eigenvalue weighted by molar-refractivity contribution is 5.94. The Bertz CT molecular complexity index is 819. The van der Waals surface area contributed by atoms with E-state index in [0.29, 0.717) is 17.7 Å². The van der Waals surface area contributed by atoms with Crippen LogP contribution in [0.2, 0.25) is 0 Å². The van der Waals surface area contributed by atoms with E-state index in [9.17, 15) is 18.0 Å². The van der Waals surface area contributed by atoms with Crippen molar-refractivity contribution in [3.63, 3.8) is 0 Å². The third kappa shape index (κ3) is 7.44. The summed E-state index contributed by atoms with van der Waals surface area (Å²) in [5, 5.41) is 2.88. The van der Waals surface area contributed by atoms with Gasteiger partial charge in [0.2, 0.25) is 0 Å². The lowest BCUT2D eigenvalue weighted by Gasteiger charge is -2.26. The van der Waals surface area contributed by atoms with Gasteiger partial charge < -0.3 is 14.8 Å². The number of morpholine rings is 1. The molecule has 0 unspecified atom stereocenters. The van der Waals surface area contributed by atoms with Crippen LogP contribution in [0.5, 0.6) is 0 Å². The molecule has 0 atom stereocenters. The van der Waals surface area contributed by atoms with Gasteiger partial charge in [0.1, 0.15) is 6.61 Å². The van der Waals surface area contributed by atoms with E-state index >= 15 is 0 Å². The molecule has 0 aliphatic carbocycles. The first-order valence-corrected chi connectivity index (χ1v) is 9.78. The van der Waals surface area contributed by atoms with Crippen LogP contribution in [0.3, 0.4) is 0 Å². The summed E-state index contributed by atoms with van der Waals surface area (Å²) < 4.78 is 46.3. The fraction of sp³-hybridized carbons (Fsp3) is 0.409. The Morgan fingerprint density at radius 1 is 1.03 bits per heavy atom. The van der Waals surface area contributed by atoms with Gasteiger partial charge in [-0.15, -0.1) is 0 Å². The minimum atomic E-state index is -4.35. The molecule has 1 saturated heterocycles. The number of alkyl halides is 3. The molecule has 1 aliphatic heterocycles. The summed E-state index contributed by atoms with van der Waals surface area (Å²) in [7, 11) is 0. The molecule has 2 aromatic carbocycles. The fourth-order valence-corrected chi connectivity index (χ4v) is 3.18. The summed E-state index contributed by atoms with van der Waals surface area (Å²) in [4.78, 5) is 14.7. The number of carbonyl (C=O) groups is 1. The van der Waals surface area contributed by atoms with E-state index in [4.69, 9.17) is 4.74 Å². The molecule has 1 heterocycles. The quantitative estimate of drug-likeness (QED) is 0.707. The van der Waals surface area contributed by atoms with Gasteiger partial charge in [-0.05, 0) is 28.8 Å². The van der Waals surface area contributed by atoms with E-state index in [2.05, 4.69) is 27.1 Å². The van der Waals surface area contributed by atoms with Gasteiger partial charge in [-0.1, -0.05) is 36.4 Å². The van der Waals surface area contributed by atoms with Crippen molar-refractivity contribution in [3.05, 3.63) is 70.8 Å². The molecular formula is C22H25F3N2O3. The molecule has 1 N–H and O–H groups in total. The van der Waals surface area contributed by atoms with Crippen LogP contribution in [-0.4, -0.2) is 49.9 Å². The molecule has 0 radical (unpaired) electrons. The Morgan fingerprint density at radius 2 is 1.73 bits per heavy atom. The van der Waals surface area contributed by atoms with Crippen molar-refractivity contribution in [2.24, 2.45) is 0 Å². The predicted octanol–water partition coefficient (Wildman–Crippen LogP) is 3.53. The lowest BCUT2D eigenvalue weighted by molar-refractivity contribution is -0.176. The van der Waals surface area contributed by atoms with E-state index in [1.54, 1.807) is 24.3 Å². The topological polar surface area (TPSA) is 50.8 Å². The molecule has 0 spiro atoms. The van der Waals surface area contributed by atoms with Gasteiger partial charge >= 0.3 is 6.18 Å². The van der Waals surface area contributed by atoms with Gasteiger partial charge in [-0.25, -0.2) is 0 Å². The van der Waals surface area contributed by atoms with Gasteiger partial charge in [0.25, 0.3) is 5.91 Å². The van der Waals surface area contributed by atoms with Crippen molar-refractivity contribution < 1.29 is 27.4 Å². The summed E-state index contributed by atoms with van der Waals surface area (Å²) in [5.74, 6) is -0.239. The molecule has 8 heteroatoms. The minimum Gasteiger partial charge on any atom is -0.379 e. The highest BCUT2D eigenvalue weighted by Gasteiger charge is 2.27. The predicted molar refractivity (Wildman–Crippen MR) is 106 cm³/mol. The van der Waals surface area contributed by atoms with E-state index in [1.165, 1.54) is 5.56 Å². The lowest BCUT2D eigenvalue weighted by atomic mass is 10.1. The highest BCUT2D eigenvalue weighted by Crippen LogP contribution is 2.16. The zero-order valence-electron chi connectivity index (χ0n) is 16.6. The molecular weight excluding hydrogens is 397 g/mol. The molecule has 30 heavy (non-hydrogen) atoms. The van der Waals surface area contributed by atoms with Crippen molar-refractivity contribution in [3.8, 4) is 0 Å². The fourth-order valence-electron chi connectivity index (χ4n) is 3.18. The first-order valence-electron chi connectivity index (χ1n) is 9.78. The Labute approximate surface area is 173 Å². The van der Waals surface area contributed by atoms with Crippen LogP contribution in [0.4, 0.5) is 13.2 Å². The number of amides is 1. The van der Waals surface area contributed by atoms with E-state index in [1.807, 2.05) is 12.1 Å². The van der Waals surface area contributed by atoms with Gasteiger partial charge in [0.05, 0.1) is 19.8 Å². The standard InChI is InChI=1S/C22H25F3N2O3/c23-22(24,25)16-30-15-17-4-6-20(7-5-17)21(28)26-13-18-2-1-3-19(12-18)14-27-8-10-29-11-9-27/h1-7,12H,8-11,13-16H2,(H,26,28). The molecule has 5 nitrogen and oxygen atoms in total. The molecule has 3 rings (SSSR count). The molecule has 1 fully saturated rings. The van der Waals surface area contributed by atoms with Gasteiger partial charge in [0, 0.05) is 31.7 Å².